The molecular formula is C12H18N2O. The van der Waals surface area contributed by atoms with E-state index in [1.807, 2.05) is 6.07 Å². The van der Waals surface area contributed by atoms with Gasteiger partial charge in [0, 0.05) is 12.6 Å². The first-order valence-electron chi connectivity index (χ1n) is 5.17. The van der Waals surface area contributed by atoms with Crippen molar-refractivity contribution in [1.29, 1.82) is 0 Å². The fourth-order valence-electron chi connectivity index (χ4n) is 1.15. The predicted octanol–water partition coefficient (Wildman–Crippen LogP) is 2.85. The van der Waals surface area contributed by atoms with Crippen LogP contribution >= 0.6 is 0 Å². The molecule has 1 heterocycles. The standard InChI is InChI=1S/C12H18N2O/c1-12(2,3)7-6-11(15)14-10-5-4-8-13-9-10/h4-5,8-9H,6-7H2,1-3H3,(H,14,15). The van der Waals surface area contributed by atoms with E-state index in [-0.39, 0.29) is 11.3 Å². The molecule has 0 aliphatic rings. The van der Waals surface area contributed by atoms with Crippen LogP contribution in [0.5, 0.6) is 0 Å². The normalized spacial score (nSPS) is 11.1. The van der Waals surface area contributed by atoms with Crippen molar-refractivity contribution < 1.29 is 4.79 Å². The van der Waals surface area contributed by atoms with Gasteiger partial charge in [-0.25, -0.2) is 0 Å². The molecule has 0 bridgehead atoms. The second kappa shape index (κ2) is 4.91. The summed E-state index contributed by atoms with van der Waals surface area (Å²) in [4.78, 5) is 15.5. The van der Waals surface area contributed by atoms with Crippen molar-refractivity contribution in [2.45, 2.75) is 33.6 Å². The minimum atomic E-state index is 0.0536. The number of rotatable bonds is 3. The summed E-state index contributed by atoms with van der Waals surface area (Å²) in [5, 5.41) is 2.81. The zero-order valence-corrected chi connectivity index (χ0v) is 9.58. The molecule has 0 atom stereocenters. The van der Waals surface area contributed by atoms with Crippen molar-refractivity contribution in [2.24, 2.45) is 5.41 Å². The van der Waals surface area contributed by atoms with Gasteiger partial charge in [-0.1, -0.05) is 20.8 Å². The predicted molar refractivity (Wildman–Crippen MR) is 61.6 cm³/mol. The fourth-order valence-corrected chi connectivity index (χ4v) is 1.15. The lowest BCUT2D eigenvalue weighted by Gasteiger charge is -2.17. The van der Waals surface area contributed by atoms with Crippen LogP contribution in [0.3, 0.4) is 0 Å². The second-order valence-electron chi connectivity index (χ2n) is 4.85. The molecule has 0 fully saturated rings. The van der Waals surface area contributed by atoms with Crippen molar-refractivity contribution in [1.82, 2.24) is 4.98 Å². The Morgan fingerprint density at radius 3 is 2.73 bits per heavy atom. The molecule has 82 valence electrons. The van der Waals surface area contributed by atoms with Gasteiger partial charge in [0.25, 0.3) is 0 Å². The Hall–Kier alpha value is -1.38. The van der Waals surface area contributed by atoms with Crippen LogP contribution in [-0.2, 0) is 4.79 Å². The van der Waals surface area contributed by atoms with Gasteiger partial charge in [0.1, 0.15) is 0 Å². The minimum absolute atomic E-state index is 0.0536. The number of aromatic nitrogens is 1. The lowest BCUT2D eigenvalue weighted by molar-refractivity contribution is -0.116. The molecule has 1 aromatic heterocycles. The smallest absolute Gasteiger partial charge is 0.224 e. The molecule has 3 nitrogen and oxygen atoms in total. The van der Waals surface area contributed by atoms with E-state index in [0.29, 0.717) is 6.42 Å². The van der Waals surface area contributed by atoms with Gasteiger partial charge in [0.2, 0.25) is 5.91 Å². The van der Waals surface area contributed by atoms with Gasteiger partial charge in [0.15, 0.2) is 0 Å². The average Bonchev–Trinajstić information content (AvgIpc) is 2.15. The highest BCUT2D eigenvalue weighted by molar-refractivity contribution is 5.90. The average molecular weight is 206 g/mol. The lowest BCUT2D eigenvalue weighted by Crippen LogP contribution is -2.15. The van der Waals surface area contributed by atoms with Crippen molar-refractivity contribution in [3.63, 3.8) is 0 Å². The number of carbonyl (C=O) groups excluding carboxylic acids is 1. The van der Waals surface area contributed by atoms with E-state index < -0.39 is 0 Å². The van der Waals surface area contributed by atoms with Gasteiger partial charge >= 0.3 is 0 Å². The molecule has 0 unspecified atom stereocenters. The van der Waals surface area contributed by atoms with Crippen LogP contribution in [0.2, 0.25) is 0 Å². The van der Waals surface area contributed by atoms with Crippen LogP contribution in [-0.4, -0.2) is 10.9 Å². The van der Waals surface area contributed by atoms with Gasteiger partial charge in [0.05, 0.1) is 11.9 Å². The quantitative estimate of drug-likeness (QED) is 0.826. The van der Waals surface area contributed by atoms with E-state index in [4.69, 9.17) is 0 Å². The Morgan fingerprint density at radius 2 is 2.20 bits per heavy atom. The third-order valence-electron chi connectivity index (χ3n) is 2.05. The van der Waals surface area contributed by atoms with E-state index in [1.165, 1.54) is 0 Å². The summed E-state index contributed by atoms with van der Waals surface area (Å²) < 4.78 is 0. The Labute approximate surface area is 90.9 Å². The van der Waals surface area contributed by atoms with Crippen LogP contribution in [0.25, 0.3) is 0 Å². The zero-order chi connectivity index (χ0) is 11.3. The maximum Gasteiger partial charge on any atom is 0.224 e. The summed E-state index contributed by atoms with van der Waals surface area (Å²) in [6, 6.07) is 3.64. The monoisotopic (exact) mass is 206 g/mol. The summed E-state index contributed by atoms with van der Waals surface area (Å²) in [6.45, 7) is 6.39. The lowest BCUT2D eigenvalue weighted by atomic mass is 9.90. The van der Waals surface area contributed by atoms with Crippen molar-refractivity contribution >= 4 is 11.6 Å². The first-order chi connectivity index (χ1) is 6.97. The molecule has 15 heavy (non-hydrogen) atoms. The topological polar surface area (TPSA) is 42.0 Å². The number of nitrogens with zero attached hydrogens (tertiary/aromatic N) is 1. The largest absolute Gasteiger partial charge is 0.325 e. The third-order valence-corrected chi connectivity index (χ3v) is 2.05. The molecule has 0 aliphatic heterocycles. The van der Waals surface area contributed by atoms with Gasteiger partial charge in [-0.2, -0.15) is 0 Å². The van der Waals surface area contributed by atoms with Crippen LogP contribution in [0, 0.1) is 5.41 Å². The first-order valence-corrected chi connectivity index (χ1v) is 5.17. The van der Waals surface area contributed by atoms with Crippen LogP contribution < -0.4 is 5.32 Å². The molecule has 1 aromatic rings. The van der Waals surface area contributed by atoms with E-state index in [1.54, 1.807) is 18.5 Å². The number of hydrogen-bond donors (Lipinski definition) is 1. The molecule has 0 saturated carbocycles. The highest BCUT2D eigenvalue weighted by atomic mass is 16.1. The molecule has 0 radical (unpaired) electrons. The SMILES string of the molecule is CC(C)(C)CCC(=O)Nc1cccnc1. The number of amides is 1. The highest BCUT2D eigenvalue weighted by Gasteiger charge is 2.12. The zero-order valence-electron chi connectivity index (χ0n) is 9.58. The van der Waals surface area contributed by atoms with Crippen molar-refractivity contribution in [3.05, 3.63) is 24.5 Å². The molecule has 0 saturated heterocycles. The maximum absolute atomic E-state index is 11.5. The second-order valence-corrected chi connectivity index (χ2v) is 4.85. The molecular weight excluding hydrogens is 188 g/mol. The fraction of sp³-hybridized carbons (Fsp3) is 0.500. The van der Waals surface area contributed by atoms with Gasteiger partial charge < -0.3 is 5.32 Å². The molecule has 1 rings (SSSR count). The van der Waals surface area contributed by atoms with Crippen LogP contribution in [0.1, 0.15) is 33.6 Å². The number of carbonyl (C=O) groups is 1. The Balaban J connectivity index is 2.38. The van der Waals surface area contributed by atoms with Gasteiger partial charge in [-0.3, -0.25) is 9.78 Å². The minimum Gasteiger partial charge on any atom is -0.325 e. The number of nitrogens with one attached hydrogen (secondary N) is 1. The molecule has 3 heteroatoms. The number of pyridine rings is 1. The van der Waals surface area contributed by atoms with E-state index in [2.05, 4.69) is 31.1 Å². The molecule has 1 N–H and O–H groups in total. The number of hydrogen-bond acceptors (Lipinski definition) is 2. The Morgan fingerprint density at radius 1 is 1.47 bits per heavy atom. The molecule has 1 amide bonds. The van der Waals surface area contributed by atoms with E-state index >= 15 is 0 Å². The first kappa shape index (κ1) is 11.7. The van der Waals surface area contributed by atoms with E-state index in [9.17, 15) is 4.79 Å². The third kappa shape index (κ3) is 5.15. The summed E-state index contributed by atoms with van der Waals surface area (Å²) in [6.07, 6.45) is 4.78. The molecule has 0 aromatic carbocycles. The highest BCUT2D eigenvalue weighted by Crippen LogP contribution is 2.20. The van der Waals surface area contributed by atoms with Crippen LogP contribution in [0.15, 0.2) is 24.5 Å². The molecule has 0 spiro atoms. The summed E-state index contributed by atoms with van der Waals surface area (Å²) in [5.41, 5.74) is 0.961. The summed E-state index contributed by atoms with van der Waals surface area (Å²) in [5.74, 6) is 0.0536. The van der Waals surface area contributed by atoms with Crippen molar-refractivity contribution in [2.75, 3.05) is 5.32 Å². The van der Waals surface area contributed by atoms with Crippen molar-refractivity contribution in [3.8, 4) is 0 Å². The molecule has 0 aliphatic carbocycles. The summed E-state index contributed by atoms with van der Waals surface area (Å²) in [7, 11) is 0. The van der Waals surface area contributed by atoms with E-state index in [0.717, 1.165) is 12.1 Å². The Kier molecular flexibility index (Phi) is 3.83. The Bertz CT molecular complexity index is 314. The summed E-state index contributed by atoms with van der Waals surface area (Å²) >= 11 is 0. The van der Waals surface area contributed by atoms with Gasteiger partial charge in [-0.15, -0.1) is 0 Å². The maximum atomic E-state index is 11.5. The van der Waals surface area contributed by atoms with Crippen LogP contribution in [0.4, 0.5) is 5.69 Å². The number of anilines is 1. The van der Waals surface area contributed by atoms with Gasteiger partial charge in [-0.05, 0) is 24.0 Å².